The van der Waals surface area contributed by atoms with Gasteiger partial charge in [0, 0.05) is 11.8 Å². The fourth-order valence-electron chi connectivity index (χ4n) is 5.44. The summed E-state index contributed by atoms with van der Waals surface area (Å²) in [7, 11) is 0. The molecular formula is C30H33N. The molecule has 1 heterocycles. The topological polar surface area (TPSA) is 12.0 Å². The standard InChI is InChI=1S/C30H33N/c1-2-10-24(11-3-1)28-13-5-4-12-25(28)21-27-22-26(29-14-6-7-15-30(27)29)17-16-23-9-8-19-31-20-18-23/h1-7,10-15,21-23,25,28,31H,8-9,16-20H2. The van der Waals surface area contributed by atoms with Crippen LogP contribution >= 0.6 is 0 Å². The molecule has 3 unspecified atom stereocenters. The molecule has 0 spiro atoms. The van der Waals surface area contributed by atoms with Crippen molar-refractivity contribution < 1.29 is 0 Å². The van der Waals surface area contributed by atoms with Crippen molar-refractivity contribution >= 4 is 11.1 Å². The van der Waals surface area contributed by atoms with Gasteiger partial charge in [-0.2, -0.15) is 0 Å². The molecule has 0 saturated carbocycles. The van der Waals surface area contributed by atoms with Crippen LogP contribution < -0.4 is 5.32 Å². The van der Waals surface area contributed by atoms with Gasteiger partial charge in [0.1, 0.15) is 0 Å². The maximum absolute atomic E-state index is 3.56. The predicted octanol–water partition coefficient (Wildman–Crippen LogP) is 7.16. The first-order chi connectivity index (χ1) is 15.4. The third-order valence-electron chi connectivity index (χ3n) is 7.17. The molecule has 1 N–H and O–H groups in total. The zero-order valence-corrected chi connectivity index (χ0v) is 18.3. The van der Waals surface area contributed by atoms with Crippen LogP contribution in [0.5, 0.6) is 0 Å². The number of hydrogen-bond acceptors (Lipinski definition) is 1. The Balaban J connectivity index is 1.39. The Labute approximate surface area is 187 Å². The molecule has 1 fully saturated rings. The molecule has 1 aliphatic heterocycles. The molecule has 2 aliphatic carbocycles. The highest BCUT2D eigenvalue weighted by molar-refractivity contribution is 5.95. The molecule has 2 aromatic carbocycles. The van der Waals surface area contributed by atoms with Crippen LogP contribution in [-0.4, -0.2) is 13.1 Å². The number of benzene rings is 2. The molecule has 3 atom stereocenters. The molecular weight excluding hydrogens is 374 g/mol. The van der Waals surface area contributed by atoms with E-state index in [1.165, 1.54) is 73.0 Å². The summed E-state index contributed by atoms with van der Waals surface area (Å²) in [5.41, 5.74) is 7.19. The number of nitrogens with one attached hydrogen (secondary N) is 1. The summed E-state index contributed by atoms with van der Waals surface area (Å²) in [6, 6.07) is 19.9. The average Bonchev–Trinajstić information content (AvgIpc) is 2.98. The number of hydrogen-bond donors (Lipinski definition) is 1. The van der Waals surface area contributed by atoms with Crippen molar-refractivity contribution in [2.24, 2.45) is 11.8 Å². The molecule has 3 aliphatic rings. The summed E-state index contributed by atoms with van der Waals surface area (Å²) in [5.74, 6) is 1.66. The van der Waals surface area contributed by atoms with Gasteiger partial charge in [-0.25, -0.2) is 0 Å². The Hall–Kier alpha value is -2.64. The maximum atomic E-state index is 3.56. The van der Waals surface area contributed by atoms with Crippen LogP contribution in [0.2, 0.25) is 0 Å². The monoisotopic (exact) mass is 407 g/mol. The quantitative estimate of drug-likeness (QED) is 0.554. The van der Waals surface area contributed by atoms with Crippen molar-refractivity contribution in [3.8, 4) is 0 Å². The van der Waals surface area contributed by atoms with Crippen molar-refractivity contribution in [3.05, 3.63) is 108 Å². The lowest BCUT2D eigenvalue weighted by Crippen LogP contribution is -2.14. The average molecular weight is 408 g/mol. The Bertz CT molecular complexity index is 1000. The van der Waals surface area contributed by atoms with Crippen LogP contribution in [0.3, 0.4) is 0 Å². The first kappa shape index (κ1) is 20.3. The summed E-state index contributed by atoms with van der Waals surface area (Å²) < 4.78 is 0. The van der Waals surface area contributed by atoms with E-state index in [4.69, 9.17) is 0 Å². The van der Waals surface area contributed by atoms with Gasteiger partial charge in [-0.05, 0) is 78.9 Å². The molecule has 158 valence electrons. The summed E-state index contributed by atoms with van der Waals surface area (Å²) in [6.45, 7) is 2.38. The van der Waals surface area contributed by atoms with E-state index in [2.05, 4.69) is 96.4 Å². The fraction of sp³-hybridized carbons (Fsp3) is 0.333. The Morgan fingerprint density at radius 1 is 0.839 bits per heavy atom. The zero-order valence-electron chi connectivity index (χ0n) is 18.3. The number of allylic oxidation sites excluding steroid dienone is 8. The highest BCUT2D eigenvalue weighted by Crippen LogP contribution is 2.41. The second-order valence-electron chi connectivity index (χ2n) is 9.21. The van der Waals surface area contributed by atoms with Crippen LogP contribution in [0.4, 0.5) is 0 Å². The van der Waals surface area contributed by atoms with Crippen LogP contribution in [0.1, 0.15) is 54.7 Å². The minimum absolute atomic E-state index is 0.388. The van der Waals surface area contributed by atoms with Crippen LogP contribution in [0, 0.1) is 11.8 Å². The summed E-state index contributed by atoms with van der Waals surface area (Å²) in [5, 5.41) is 3.56. The van der Waals surface area contributed by atoms with Gasteiger partial charge < -0.3 is 5.32 Å². The third-order valence-corrected chi connectivity index (χ3v) is 7.17. The molecule has 0 radical (unpaired) electrons. The first-order valence-electron chi connectivity index (χ1n) is 12.0. The predicted molar refractivity (Wildman–Crippen MR) is 133 cm³/mol. The van der Waals surface area contributed by atoms with E-state index in [1.807, 2.05) is 0 Å². The largest absolute Gasteiger partial charge is 0.317 e. The van der Waals surface area contributed by atoms with Crippen molar-refractivity contribution in [1.82, 2.24) is 5.32 Å². The SMILES string of the molecule is C1=CC(C=C2C=C(CCC3CCCNCC3)c3ccccc32)C(c2ccccc2)C=C1. The molecule has 5 rings (SSSR count). The van der Waals surface area contributed by atoms with E-state index in [-0.39, 0.29) is 0 Å². The molecule has 0 amide bonds. The van der Waals surface area contributed by atoms with Gasteiger partial charge in [0.2, 0.25) is 0 Å². The van der Waals surface area contributed by atoms with E-state index >= 15 is 0 Å². The van der Waals surface area contributed by atoms with Crippen molar-refractivity contribution in [2.45, 2.75) is 38.0 Å². The minimum Gasteiger partial charge on any atom is -0.317 e. The molecule has 1 nitrogen and oxygen atoms in total. The van der Waals surface area contributed by atoms with Crippen LogP contribution in [0.25, 0.3) is 11.1 Å². The van der Waals surface area contributed by atoms with Crippen molar-refractivity contribution in [1.29, 1.82) is 0 Å². The number of rotatable bonds is 5. The van der Waals surface area contributed by atoms with Gasteiger partial charge in [0.05, 0.1) is 0 Å². The highest BCUT2D eigenvalue weighted by Gasteiger charge is 2.23. The van der Waals surface area contributed by atoms with Crippen LogP contribution in [-0.2, 0) is 0 Å². The normalized spacial score (nSPS) is 26.5. The Kier molecular flexibility index (Phi) is 6.32. The summed E-state index contributed by atoms with van der Waals surface area (Å²) >= 11 is 0. The molecule has 1 heteroatoms. The Morgan fingerprint density at radius 2 is 1.65 bits per heavy atom. The molecule has 31 heavy (non-hydrogen) atoms. The third kappa shape index (κ3) is 4.67. The maximum Gasteiger partial charge on any atom is 0.0119 e. The molecule has 1 saturated heterocycles. The summed E-state index contributed by atoms with van der Waals surface area (Å²) in [4.78, 5) is 0. The van der Waals surface area contributed by atoms with Gasteiger partial charge in [0.25, 0.3) is 0 Å². The van der Waals surface area contributed by atoms with E-state index < -0.39 is 0 Å². The first-order valence-corrected chi connectivity index (χ1v) is 12.0. The van der Waals surface area contributed by atoms with Gasteiger partial charge in [0.15, 0.2) is 0 Å². The second-order valence-corrected chi connectivity index (χ2v) is 9.21. The Morgan fingerprint density at radius 3 is 2.55 bits per heavy atom. The van der Waals surface area contributed by atoms with E-state index in [0.29, 0.717) is 11.8 Å². The van der Waals surface area contributed by atoms with Gasteiger partial charge in [-0.3, -0.25) is 0 Å². The van der Waals surface area contributed by atoms with E-state index in [1.54, 1.807) is 0 Å². The number of fused-ring (bicyclic) bond motifs is 1. The van der Waals surface area contributed by atoms with Gasteiger partial charge in [-0.15, -0.1) is 0 Å². The minimum atomic E-state index is 0.388. The second kappa shape index (κ2) is 9.66. The van der Waals surface area contributed by atoms with Crippen LogP contribution in [0.15, 0.2) is 91.1 Å². The smallest absolute Gasteiger partial charge is 0.0119 e. The zero-order chi connectivity index (χ0) is 20.9. The van der Waals surface area contributed by atoms with E-state index in [9.17, 15) is 0 Å². The van der Waals surface area contributed by atoms with Crippen molar-refractivity contribution in [2.75, 3.05) is 13.1 Å². The molecule has 2 aromatic rings. The van der Waals surface area contributed by atoms with E-state index in [0.717, 1.165) is 5.92 Å². The molecule has 0 aromatic heterocycles. The van der Waals surface area contributed by atoms with Crippen molar-refractivity contribution in [3.63, 3.8) is 0 Å². The summed E-state index contributed by atoms with van der Waals surface area (Å²) in [6.07, 6.45) is 20.6. The molecule has 0 bridgehead atoms. The fourth-order valence-corrected chi connectivity index (χ4v) is 5.44. The highest BCUT2D eigenvalue weighted by atomic mass is 14.8. The lowest BCUT2D eigenvalue weighted by molar-refractivity contribution is 0.445. The lowest BCUT2D eigenvalue weighted by Gasteiger charge is -2.22. The lowest BCUT2D eigenvalue weighted by atomic mass is 9.81. The van der Waals surface area contributed by atoms with Gasteiger partial charge in [-0.1, -0.05) is 91.1 Å². The van der Waals surface area contributed by atoms with Gasteiger partial charge >= 0.3 is 0 Å².